The van der Waals surface area contributed by atoms with Crippen molar-refractivity contribution < 1.29 is 9.90 Å². The van der Waals surface area contributed by atoms with Gasteiger partial charge in [0.1, 0.15) is 5.75 Å². The summed E-state index contributed by atoms with van der Waals surface area (Å²) >= 11 is 0. The minimum absolute atomic E-state index is 0.238. The lowest BCUT2D eigenvalue weighted by Gasteiger charge is -1.96. The van der Waals surface area contributed by atoms with Crippen LogP contribution < -0.4 is 0 Å². The zero-order chi connectivity index (χ0) is 13.2. The van der Waals surface area contributed by atoms with Gasteiger partial charge in [-0.05, 0) is 29.8 Å². The third-order valence-electron chi connectivity index (χ3n) is 2.83. The number of hydrogen-bond acceptors (Lipinski definition) is 4. The molecule has 1 N–H and O–H groups in total. The van der Waals surface area contributed by atoms with Crippen LogP contribution in [-0.2, 0) is 6.42 Å². The molecule has 3 rings (SSSR count). The summed E-state index contributed by atoms with van der Waals surface area (Å²) in [5, 5.41) is 13.5. The normalized spacial score (nSPS) is 10.7. The summed E-state index contributed by atoms with van der Waals surface area (Å²) in [6.07, 6.45) is 3.01. The molecule has 5 heteroatoms. The predicted octanol–water partition coefficient (Wildman–Crippen LogP) is 1.84. The molecule has 2 heterocycles. The van der Waals surface area contributed by atoms with E-state index in [2.05, 4.69) is 10.1 Å². The summed E-state index contributed by atoms with van der Waals surface area (Å²) in [5.74, 6) is 0.913. The molecule has 0 fully saturated rings. The second-order valence-electron chi connectivity index (χ2n) is 4.25. The fraction of sp³-hybridized carbons (Fsp3) is 0.0714. The van der Waals surface area contributed by atoms with Crippen molar-refractivity contribution >= 4 is 11.9 Å². The van der Waals surface area contributed by atoms with E-state index >= 15 is 0 Å². The maximum atomic E-state index is 10.7. The van der Waals surface area contributed by atoms with Crippen molar-refractivity contribution in [3.05, 3.63) is 59.5 Å². The molecule has 0 amide bonds. The van der Waals surface area contributed by atoms with E-state index < -0.39 is 0 Å². The molecule has 0 unspecified atom stereocenters. The molecule has 94 valence electrons. The molecule has 0 bridgehead atoms. The predicted molar refractivity (Wildman–Crippen MR) is 69.3 cm³/mol. The van der Waals surface area contributed by atoms with Gasteiger partial charge in [0.2, 0.25) is 0 Å². The van der Waals surface area contributed by atoms with Crippen LogP contribution in [0.3, 0.4) is 0 Å². The van der Waals surface area contributed by atoms with E-state index in [1.807, 2.05) is 12.1 Å². The summed E-state index contributed by atoms with van der Waals surface area (Å²) in [6.45, 7) is 0. The number of aromatic nitrogens is 3. The largest absolute Gasteiger partial charge is 0.508 e. The Bertz CT molecular complexity index is 732. The highest BCUT2D eigenvalue weighted by Gasteiger charge is 2.05. The number of carbonyl (C=O) groups is 1. The van der Waals surface area contributed by atoms with Gasteiger partial charge in [0.25, 0.3) is 0 Å². The van der Waals surface area contributed by atoms with Crippen molar-refractivity contribution in [2.24, 2.45) is 0 Å². The first-order chi connectivity index (χ1) is 9.24. The Morgan fingerprint density at radius 2 is 1.95 bits per heavy atom. The lowest BCUT2D eigenvalue weighted by Crippen LogP contribution is -1.92. The summed E-state index contributed by atoms with van der Waals surface area (Å²) in [4.78, 5) is 15.1. The summed E-state index contributed by atoms with van der Waals surface area (Å²) < 4.78 is 1.60. The van der Waals surface area contributed by atoms with E-state index in [0.717, 1.165) is 11.8 Å². The fourth-order valence-corrected chi connectivity index (χ4v) is 1.89. The zero-order valence-corrected chi connectivity index (χ0v) is 10.0. The van der Waals surface area contributed by atoms with E-state index in [1.54, 1.807) is 35.0 Å². The van der Waals surface area contributed by atoms with Crippen LogP contribution >= 0.6 is 0 Å². The Kier molecular flexibility index (Phi) is 2.72. The third-order valence-corrected chi connectivity index (χ3v) is 2.83. The van der Waals surface area contributed by atoms with Crippen molar-refractivity contribution in [2.45, 2.75) is 6.42 Å². The van der Waals surface area contributed by atoms with Gasteiger partial charge < -0.3 is 5.11 Å². The number of aldehydes is 1. The number of benzene rings is 1. The first-order valence-electron chi connectivity index (χ1n) is 5.83. The van der Waals surface area contributed by atoms with Crippen molar-refractivity contribution in [1.82, 2.24) is 14.6 Å². The summed E-state index contributed by atoms with van der Waals surface area (Å²) in [5.41, 5.74) is 2.29. The molecule has 0 aliphatic rings. The number of nitrogens with zero attached hydrogens (tertiary/aromatic N) is 3. The molecule has 1 aromatic carbocycles. The highest BCUT2D eigenvalue weighted by Crippen LogP contribution is 2.13. The first-order valence-corrected chi connectivity index (χ1v) is 5.83. The minimum atomic E-state index is 0.238. The molecule has 0 spiro atoms. The van der Waals surface area contributed by atoms with Gasteiger partial charge in [-0.25, -0.2) is 9.50 Å². The van der Waals surface area contributed by atoms with Crippen molar-refractivity contribution in [3.8, 4) is 5.75 Å². The smallest absolute Gasteiger partial charge is 0.156 e. The Morgan fingerprint density at radius 3 is 2.68 bits per heavy atom. The SMILES string of the molecule is O=Cc1ccc2nc(Cc3ccc(O)cc3)nn2c1. The molecule has 0 aliphatic carbocycles. The van der Waals surface area contributed by atoms with Crippen LogP contribution in [0, 0.1) is 0 Å². The molecular weight excluding hydrogens is 242 g/mol. The standard InChI is InChI=1S/C14H11N3O2/c18-9-11-3-6-14-15-13(16-17(14)8-11)7-10-1-4-12(19)5-2-10/h1-6,8-9,19H,7H2. The zero-order valence-electron chi connectivity index (χ0n) is 10.0. The van der Waals surface area contributed by atoms with Gasteiger partial charge in [0.15, 0.2) is 17.8 Å². The van der Waals surface area contributed by atoms with Gasteiger partial charge in [-0.2, -0.15) is 5.10 Å². The maximum absolute atomic E-state index is 10.7. The molecule has 0 atom stereocenters. The monoisotopic (exact) mass is 253 g/mol. The van der Waals surface area contributed by atoms with E-state index in [-0.39, 0.29) is 5.75 Å². The van der Waals surface area contributed by atoms with Crippen LogP contribution in [0.15, 0.2) is 42.6 Å². The van der Waals surface area contributed by atoms with Crippen LogP contribution in [0.2, 0.25) is 0 Å². The number of carbonyl (C=O) groups excluding carboxylic acids is 1. The maximum Gasteiger partial charge on any atom is 0.156 e. The van der Waals surface area contributed by atoms with E-state index in [4.69, 9.17) is 0 Å². The Labute approximate surface area is 109 Å². The number of pyridine rings is 1. The molecule has 19 heavy (non-hydrogen) atoms. The average Bonchev–Trinajstić information content (AvgIpc) is 2.82. The van der Waals surface area contributed by atoms with Gasteiger partial charge in [0, 0.05) is 18.2 Å². The third kappa shape index (κ3) is 2.30. The Balaban J connectivity index is 1.92. The molecular formula is C14H11N3O2. The molecule has 0 saturated carbocycles. The first kappa shape index (κ1) is 11.4. The Hall–Kier alpha value is -2.69. The molecule has 0 radical (unpaired) electrons. The van der Waals surface area contributed by atoms with Gasteiger partial charge in [-0.1, -0.05) is 12.1 Å². The quantitative estimate of drug-likeness (QED) is 0.723. The second-order valence-corrected chi connectivity index (χ2v) is 4.25. The number of rotatable bonds is 3. The van der Waals surface area contributed by atoms with Gasteiger partial charge in [0.05, 0.1) is 0 Å². The highest BCUT2D eigenvalue weighted by atomic mass is 16.3. The number of aromatic hydroxyl groups is 1. The van der Waals surface area contributed by atoms with Crippen molar-refractivity contribution in [2.75, 3.05) is 0 Å². The lowest BCUT2D eigenvalue weighted by molar-refractivity contribution is 0.112. The topological polar surface area (TPSA) is 67.5 Å². The lowest BCUT2D eigenvalue weighted by atomic mass is 10.1. The molecule has 0 saturated heterocycles. The van der Waals surface area contributed by atoms with Crippen LogP contribution in [0.1, 0.15) is 21.7 Å². The van der Waals surface area contributed by atoms with Gasteiger partial charge in [-0.3, -0.25) is 4.79 Å². The van der Waals surface area contributed by atoms with Gasteiger partial charge >= 0.3 is 0 Å². The van der Waals surface area contributed by atoms with E-state index in [0.29, 0.717) is 23.5 Å². The fourth-order valence-electron chi connectivity index (χ4n) is 1.89. The molecule has 5 nitrogen and oxygen atoms in total. The van der Waals surface area contributed by atoms with Crippen LogP contribution in [-0.4, -0.2) is 26.0 Å². The second kappa shape index (κ2) is 4.53. The van der Waals surface area contributed by atoms with Crippen LogP contribution in [0.25, 0.3) is 5.65 Å². The molecule has 0 aliphatic heterocycles. The van der Waals surface area contributed by atoms with E-state index in [9.17, 15) is 9.90 Å². The number of fused-ring (bicyclic) bond motifs is 1. The Morgan fingerprint density at radius 1 is 1.16 bits per heavy atom. The summed E-state index contributed by atoms with van der Waals surface area (Å²) in [7, 11) is 0. The van der Waals surface area contributed by atoms with Gasteiger partial charge in [-0.15, -0.1) is 0 Å². The van der Waals surface area contributed by atoms with Crippen LogP contribution in [0.5, 0.6) is 5.75 Å². The number of hydrogen-bond donors (Lipinski definition) is 1. The van der Waals surface area contributed by atoms with Crippen molar-refractivity contribution in [3.63, 3.8) is 0 Å². The minimum Gasteiger partial charge on any atom is -0.508 e. The van der Waals surface area contributed by atoms with Crippen LogP contribution in [0.4, 0.5) is 0 Å². The molecule has 2 aromatic heterocycles. The van der Waals surface area contributed by atoms with Crippen molar-refractivity contribution in [1.29, 1.82) is 0 Å². The molecule has 3 aromatic rings. The average molecular weight is 253 g/mol. The van der Waals surface area contributed by atoms with E-state index in [1.165, 1.54) is 0 Å². The summed E-state index contributed by atoms with van der Waals surface area (Å²) in [6, 6.07) is 10.4. The number of phenols is 1. The number of phenolic OH excluding ortho intramolecular Hbond substituents is 1. The highest BCUT2D eigenvalue weighted by molar-refractivity contribution is 5.74.